The van der Waals surface area contributed by atoms with Gasteiger partial charge in [0.05, 0.1) is 28.7 Å². The molecule has 1 aromatic carbocycles. The molecule has 1 unspecified atom stereocenters. The summed E-state index contributed by atoms with van der Waals surface area (Å²) in [6.07, 6.45) is -0.355. The van der Waals surface area contributed by atoms with Gasteiger partial charge in [0.25, 0.3) is 5.91 Å². The fourth-order valence-electron chi connectivity index (χ4n) is 5.40. The number of carbonyl (C=O) groups is 2. The van der Waals surface area contributed by atoms with Crippen LogP contribution in [-0.2, 0) is 11.0 Å². The maximum absolute atomic E-state index is 13.6. The Hall–Kier alpha value is -3.61. The molecule has 0 radical (unpaired) electrons. The van der Waals surface area contributed by atoms with Crippen molar-refractivity contribution in [2.45, 2.75) is 25.9 Å². The number of aromatic nitrogens is 1. The summed E-state index contributed by atoms with van der Waals surface area (Å²) in [5, 5.41) is 9.13. The normalized spacial score (nSPS) is 19.3. The number of halogens is 3. The Labute approximate surface area is 208 Å². The van der Waals surface area contributed by atoms with Crippen molar-refractivity contribution in [2.24, 2.45) is 11.3 Å². The van der Waals surface area contributed by atoms with Crippen LogP contribution in [0.4, 0.5) is 18.9 Å². The summed E-state index contributed by atoms with van der Waals surface area (Å²) in [7, 11) is 3.35. The largest absolute Gasteiger partial charge is 0.417 e. The fourth-order valence-corrected chi connectivity index (χ4v) is 5.40. The molecule has 2 saturated heterocycles. The molecule has 2 fully saturated rings. The highest BCUT2D eigenvalue weighted by atomic mass is 19.4. The van der Waals surface area contributed by atoms with Crippen LogP contribution in [0.2, 0.25) is 0 Å². The first-order valence-electron chi connectivity index (χ1n) is 11.7. The molecule has 1 atom stereocenters. The van der Waals surface area contributed by atoms with E-state index in [1.165, 1.54) is 17.0 Å². The molecule has 1 aromatic heterocycles. The summed E-state index contributed by atoms with van der Waals surface area (Å²) < 4.78 is 40.7. The average molecular weight is 500 g/mol. The molecule has 7 nitrogen and oxygen atoms in total. The second-order valence-electron chi connectivity index (χ2n) is 9.85. The van der Waals surface area contributed by atoms with E-state index in [0.717, 1.165) is 11.6 Å². The number of benzene rings is 1. The van der Waals surface area contributed by atoms with Gasteiger partial charge in [0.2, 0.25) is 5.91 Å². The van der Waals surface area contributed by atoms with E-state index >= 15 is 0 Å². The van der Waals surface area contributed by atoms with Crippen molar-refractivity contribution in [1.29, 1.82) is 5.26 Å². The van der Waals surface area contributed by atoms with Gasteiger partial charge >= 0.3 is 6.18 Å². The average Bonchev–Trinajstić information content (AvgIpc) is 3.21. The number of aryl methyl sites for hydroxylation is 1. The summed E-state index contributed by atoms with van der Waals surface area (Å²) in [6, 6.07) is 7.08. The number of piperidine rings is 1. The van der Waals surface area contributed by atoms with Crippen LogP contribution in [0, 0.1) is 29.6 Å². The van der Waals surface area contributed by atoms with Gasteiger partial charge in [-0.15, -0.1) is 0 Å². The lowest BCUT2D eigenvalue weighted by Crippen LogP contribution is -2.49. The molecular formula is C26H28F3N5O2. The van der Waals surface area contributed by atoms with E-state index in [9.17, 15) is 22.8 Å². The molecule has 2 aromatic rings. The molecule has 0 bridgehead atoms. The molecule has 2 amide bonds. The van der Waals surface area contributed by atoms with Crippen LogP contribution in [0.25, 0.3) is 0 Å². The molecule has 1 spiro atoms. The number of alkyl halides is 3. The molecule has 190 valence electrons. The zero-order valence-electron chi connectivity index (χ0n) is 20.5. The van der Waals surface area contributed by atoms with Crippen LogP contribution >= 0.6 is 0 Å². The Morgan fingerprint density at radius 3 is 2.47 bits per heavy atom. The number of hydrogen-bond donors (Lipinski definition) is 0. The van der Waals surface area contributed by atoms with E-state index in [1.54, 1.807) is 43.5 Å². The van der Waals surface area contributed by atoms with Gasteiger partial charge in [0.15, 0.2) is 0 Å². The van der Waals surface area contributed by atoms with Gasteiger partial charge in [-0.05, 0) is 49.6 Å². The number of hydrogen-bond acceptors (Lipinski definition) is 5. The lowest BCUT2D eigenvalue weighted by molar-refractivity contribution is -0.138. The van der Waals surface area contributed by atoms with Crippen molar-refractivity contribution in [3.05, 3.63) is 58.9 Å². The highest BCUT2D eigenvalue weighted by molar-refractivity contribution is 5.95. The van der Waals surface area contributed by atoms with Crippen molar-refractivity contribution < 1.29 is 22.8 Å². The smallest absolute Gasteiger partial charge is 0.370 e. The number of carbonyl (C=O) groups excluding carboxylic acids is 2. The lowest BCUT2D eigenvalue weighted by atomic mass is 9.70. The zero-order chi connectivity index (χ0) is 26.3. The maximum atomic E-state index is 13.6. The molecule has 2 aliphatic heterocycles. The Balaban J connectivity index is 1.60. The minimum Gasteiger partial charge on any atom is -0.370 e. The molecular weight excluding hydrogens is 471 g/mol. The summed E-state index contributed by atoms with van der Waals surface area (Å²) in [5.74, 6) is -0.609. The predicted molar refractivity (Wildman–Crippen MR) is 127 cm³/mol. The minimum absolute atomic E-state index is 0.0786. The summed E-state index contributed by atoms with van der Waals surface area (Å²) in [5.41, 5.74) is -0.179. The van der Waals surface area contributed by atoms with Gasteiger partial charge in [0.1, 0.15) is 0 Å². The number of amides is 2. The molecule has 2 aliphatic rings. The predicted octanol–water partition coefficient (Wildman–Crippen LogP) is 3.73. The molecule has 0 aliphatic carbocycles. The minimum atomic E-state index is -4.66. The van der Waals surface area contributed by atoms with E-state index in [1.807, 2.05) is 11.8 Å². The highest BCUT2D eigenvalue weighted by Gasteiger charge is 2.52. The first-order valence-corrected chi connectivity index (χ1v) is 11.7. The number of rotatable bonds is 3. The summed E-state index contributed by atoms with van der Waals surface area (Å²) >= 11 is 0. The SMILES string of the molecule is Cc1ccncc1C(=O)N1CCC2(CC1)CN(c1ccc(C#N)c(C(F)(F)F)c1)CC2C(=O)N(C)C. The van der Waals surface area contributed by atoms with E-state index in [0.29, 0.717) is 43.7 Å². The topological polar surface area (TPSA) is 80.5 Å². The number of nitrogens with zero attached hydrogens (tertiary/aromatic N) is 5. The second kappa shape index (κ2) is 9.45. The van der Waals surface area contributed by atoms with E-state index in [-0.39, 0.29) is 18.4 Å². The van der Waals surface area contributed by atoms with Crippen LogP contribution in [0.3, 0.4) is 0 Å². The van der Waals surface area contributed by atoms with Crippen molar-refractivity contribution >= 4 is 17.5 Å². The highest BCUT2D eigenvalue weighted by Crippen LogP contribution is 2.47. The second-order valence-corrected chi connectivity index (χ2v) is 9.85. The summed E-state index contributed by atoms with van der Waals surface area (Å²) in [4.78, 5) is 35.4. The van der Waals surface area contributed by atoms with E-state index in [4.69, 9.17) is 5.26 Å². The van der Waals surface area contributed by atoms with Crippen LogP contribution in [0.5, 0.6) is 0 Å². The quantitative estimate of drug-likeness (QED) is 0.643. The van der Waals surface area contributed by atoms with Gasteiger partial charge in [-0.2, -0.15) is 18.4 Å². The van der Waals surface area contributed by atoms with Gasteiger partial charge in [-0.25, -0.2) is 0 Å². The molecule has 0 N–H and O–H groups in total. The Morgan fingerprint density at radius 2 is 1.89 bits per heavy atom. The van der Waals surface area contributed by atoms with Gasteiger partial charge in [-0.1, -0.05) is 0 Å². The molecule has 0 saturated carbocycles. The number of anilines is 1. The van der Waals surface area contributed by atoms with Crippen LogP contribution in [0.1, 0.15) is 39.9 Å². The third-order valence-corrected chi connectivity index (χ3v) is 7.50. The van der Waals surface area contributed by atoms with Gasteiger partial charge in [0, 0.05) is 63.8 Å². The first-order chi connectivity index (χ1) is 17.0. The van der Waals surface area contributed by atoms with E-state index < -0.39 is 28.6 Å². The van der Waals surface area contributed by atoms with Crippen LogP contribution < -0.4 is 4.90 Å². The van der Waals surface area contributed by atoms with Crippen molar-refractivity contribution in [3.63, 3.8) is 0 Å². The number of nitriles is 1. The van der Waals surface area contributed by atoms with Gasteiger partial charge in [-0.3, -0.25) is 14.6 Å². The fraction of sp³-hybridized carbons (Fsp3) is 0.462. The number of likely N-dealkylation sites (tertiary alicyclic amines) is 1. The lowest BCUT2D eigenvalue weighted by Gasteiger charge is -2.42. The molecule has 10 heteroatoms. The van der Waals surface area contributed by atoms with Crippen molar-refractivity contribution in [3.8, 4) is 6.07 Å². The van der Waals surface area contributed by atoms with E-state index in [2.05, 4.69) is 4.98 Å². The van der Waals surface area contributed by atoms with Gasteiger partial charge < -0.3 is 14.7 Å². The van der Waals surface area contributed by atoms with Crippen molar-refractivity contribution in [2.75, 3.05) is 45.2 Å². The van der Waals surface area contributed by atoms with Crippen LogP contribution in [0.15, 0.2) is 36.7 Å². The zero-order valence-corrected chi connectivity index (χ0v) is 20.5. The third-order valence-electron chi connectivity index (χ3n) is 7.50. The van der Waals surface area contributed by atoms with Crippen LogP contribution in [-0.4, -0.2) is 66.9 Å². The Morgan fingerprint density at radius 1 is 1.19 bits per heavy atom. The van der Waals surface area contributed by atoms with Crippen molar-refractivity contribution in [1.82, 2.24) is 14.8 Å². The maximum Gasteiger partial charge on any atom is 0.417 e. The monoisotopic (exact) mass is 499 g/mol. The molecule has 4 rings (SSSR count). The first kappa shape index (κ1) is 25.5. The Bertz CT molecular complexity index is 1210. The molecule has 3 heterocycles. The Kier molecular flexibility index (Phi) is 6.69. The number of pyridine rings is 1. The third kappa shape index (κ3) is 4.62. The summed E-state index contributed by atoms with van der Waals surface area (Å²) in [6.45, 7) is 3.41. The standard InChI is InChI=1S/C26H28F3N5O2/c1-17-6-9-31-14-20(17)23(35)33-10-7-25(8-11-33)16-34(15-22(25)24(36)32(2)3)19-5-4-18(13-30)21(12-19)26(27,28)29/h4-6,9,12,14,22H,7-8,10-11,15-16H2,1-3H3. The molecule has 36 heavy (non-hydrogen) atoms.